The van der Waals surface area contributed by atoms with Gasteiger partial charge in [0.2, 0.25) is 5.91 Å². The summed E-state index contributed by atoms with van der Waals surface area (Å²) < 4.78 is 0. The Morgan fingerprint density at radius 2 is 1.93 bits per heavy atom. The summed E-state index contributed by atoms with van der Waals surface area (Å²) in [5.41, 5.74) is 0. The molecule has 2 fully saturated rings. The van der Waals surface area contributed by atoms with Crippen LogP contribution in [0.4, 0.5) is 0 Å². The fourth-order valence-corrected chi connectivity index (χ4v) is 1.96. The number of carbonyl (C=O) groups excluding carboxylic acids is 1. The number of hydrogen-bond acceptors (Lipinski definition) is 2. The van der Waals surface area contributed by atoms with E-state index in [1.165, 1.54) is 6.42 Å². The molecule has 0 spiro atoms. The van der Waals surface area contributed by atoms with Gasteiger partial charge in [-0.05, 0) is 25.7 Å². The van der Waals surface area contributed by atoms with Crippen LogP contribution in [-0.4, -0.2) is 35.0 Å². The maximum Gasteiger partial charge on any atom is 0.307 e. The molecule has 4 heteroatoms. The number of hydrogen-bond donors (Lipinski definition) is 1. The molecule has 0 aromatic heterocycles. The molecule has 0 saturated heterocycles. The molecule has 2 rings (SSSR count). The number of carbonyl (C=O) groups is 2. The zero-order valence-corrected chi connectivity index (χ0v) is 8.27. The molecule has 1 N–H and O–H groups in total. The Morgan fingerprint density at radius 1 is 1.29 bits per heavy atom. The molecule has 0 bridgehead atoms. The quantitative estimate of drug-likeness (QED) is 0.725. The van der Waals surface area contributed by atoms with Gasteiger partial charge >= 0.3 is 5.97 Å². The topological polar surface area (TPSA) is 57.6 Å². The van der Waals surface area contributed by atoms with Gasteiger partial charge < -0.3 is 10.0 Å². The van der Waals surface area contributed by atoms with Gasteiger partial charge in [0.25, 0.3) is 0 Å². The maximum absolute atomic E-state index is 11.7. The summed E-state index contributed by atoms with van der Waals surface area (Å²) in [6.45, 7) is 0. The molecule has 0 radical (unpaired) electrons. The van der Waals surface area contributed by atoms with E-state index < -0.39 is 11.9 Å². The summed E-state index contributed by atoms with van der Waals surface area (Å²) in [7, 11) is 1.80. The summed E-state index contributed by atoms with van der Waals surface area (Å²) in [6, 6.07) is 0.373. The van der Waals surface area contributed by atoms with Gasteiger partial charge in [-0.15, -0.1) is 0 Å². The zero-order valence-electron chi connectivity index (χ0n) is 8.27. The first-order valence-corrected chi connectivity index (χ1v) is 5.10. The molecule has 0 aromatic carbocycles. The number of carboxylic acid groups (broad SMARTS) is 1. The van der Waals surface area contributed by atoms with Crippen molar-refractivity contribution in [1.29, 1.82) is 0 Å². The summed E-state index contributed by atoms with van der Waals surface area (Å²) >= 11 is 0. The smallest absolute Gasteiger partial charge is 0.307 e. The van der Waals surface area contributed by atoms with Crippen molar-refractivity contribution in [1.82, 2.24) is 4.90 Å². The van der Waals surface area contributed by atoms with Crippen molar-refractivity contribution in [2.45, 2.75) is 31.7 Å². The first kappa shape index (κ1) is 9.49. The van der Waals surface area contributed by atoms with Gasteiger partial charge in [-0.25, -0.2) is 0 Å². The minimum atomic E-state index is -0.828. The van der Waals surface area contributed by atoms with Crippen molar-refractivity contribution in [2.24, 2.45) is 11.8 Å². The van der Waals surface area contributed by atoms with Gasteiger partial charge in [0.15, 0.2) is 0 Å². The Kier molecular flexibility index (Phi) is 2.21. The van der Waals surface area contributed by atoms with Crippen LogP contribution in [-0.2, 0) is 9.59 Å². The van der Waals surface area contributed by atoms with Crippen LogP contribution in [0, 0.1) is 11.8 Å². The summed E-state index contributed by atoms with van der Waals surface area (Å²) in [6.07, 6.45) is 3.87. The lowest BCUT2D eigenvalue weighted by molar-refractivity contribution is -0.142. The molecule has 2 unspecified atom stereocenters. The van der Waals surface area contributed by atoms with Crippen molar-refractivity contribution < 1.29 is 14.7 Å². The number of carboxylic acids is 1. The molecular weight excluding hydrogens is 182 g/mol. The van der Waals surface area contributed by atoms with E-state index in [0.717, 1.165) is 12.8 Å². The van der Waals surface area contributed by atoms with Crippen LogP contribution in [0.25, 0.3) is 0 Å². The number of nitrogens with zero attached hydrogens (tertiary/aromatic N) is 1. The second kappa shape index (κ2) is 3.26. The van der Waals surface area contributed by atoms with Gasteiger partial charge in [0, 0.05) is 13.1 Å². The Labute approximate surface area is 82.9 Å². The Bertz CT molecular complexity index is 273. The van der Waals surface area contributed by atoms with Crippen LogP contribution < -0.4 is 0 Å². The summed E-state index contributed by atoms with van der Waals surface area (Å²) in [5.74, 6) is -1.45. The molecule has 2 aliphatic carbocycles. The molecule has 0 aromatic rings. The molecule has 0 aliphatic heterocycles. The van der Waals surface area contributed by atoms with E-state index in [4.69, 9.17) is 5.11 Å². The van der Waals surface area contributed by atoms with Crippen molar-refractivity contribution >= 4 is 11.9 Å². The molecule has 78 valence electrons. The molecule has 2 aliphatic rings. The predicted molar refractivity (Wildman–Crippen MR) is 49.6 cm³/mol. The van der Waals surface area contributed by atoms with E-state index in [1.54, 1.807) is 11.9 Å². The van der Waals surface area contributed by atoms with E-state index in [0.29, 0.717) is 12.5 Å². The average molecular weight is 197 g/mol. The van der Waals surface area contributed by atoms with E-state index in [2.05, 4.69) is 0 Å². The third-order valence-corrected chi connectivity index (χ3v) is 3.39. The first-order valence-electron chi connectivity index (χ1n) is 5.10. The zero-order chi connectivity index (χ0) is 10.3. The standard InChI is InChI=1S/C10H15NO3/c1-11(6-3-2-4-6)9(12)7-5-8(7)10(13)14/h6-8H,2-5H2,1H3,(H,13,14). The minimum Gasteiger partial charge on any atom is -0.481 e. The highest BCUT2D eigenvalue weighted by Crippen LogP contribution is 2.41. The molecule has 1 amide bonds. The van der Waals surface area contributed by atoms with E-state index in [9.17, 15) is 9.59 Å². The molecule has 2 saturated carbocycles. The fraction of sp³-hybridized carbons (Fsp3) is 0.800. The average Bonchev–Trinajstić information content (AvgIpc) is 2.77. The van der Waals surface area contributed by atoms with Crippen LogP contribution in [0.5, 0.6) is 0 Å². The lowest BCUT2D eigenvalue weighted by Crippen LogP contribution is -2.42. The maximum atomic E-state index is 11.7. The van der Waals surface area contributed by atoms with E-state index in [-0.39, 0.29) is 11.8 Å². The Balaban J connectivity index is 1.87. The normalized spacial score (nSPS) is 30.6. The lowest BCUT2D eigenvalue weighted by Gasteiger charge is -2.34. The van der Waals surface area contributed by atoms with Crippen molar-refractivity contribution in [3.05, 3.63) is 0 Å². The Morgan fingerprint density at radius 3 is 2.29 bits per heavy atom. The largest absolute Gasteiger partial charge is 0.481 e. The minimum absolute atomic E-state index is 0.0297. The fourth-order valence-electron chi connectivity index (χ4n) is 1.96. The summed E-state index contributed by atoms with van der Waals surface area (Å²) in [5, 5.41) is 8.69. The highest BCUT2D eigenvalue weighted by molar-refractivity contribution is 5.89. The van der Waals surface area contributed by atoms with Gasteiger partial charge in [0.05, 0.1) is 11.8 Å². The molecule has 14 heavy (non-hydrogen) atoms. The van der Waals surface area contributed by atoms with Crippen LogP contribution in [0.15, 0.2) is 0 Å². The van der Waals surface area contributed by atoms with Crippen molar-refractivity contribution in [2.75, 3.05) is 7.05 Å². The van der Waals surface area contributed by atoms with Crippen LogP contribution in [0.3, 0.4) is 0 Å². The van der Waals surface area contributed by atoms with Crippen LogP contribution in [0.1, 0.15) is 25.7 Å². The van der Waals surface area contributed by atoms with Crippen LogP contribution in [0.2, 0.25) is 0 Å². The van der Waals surface area contributed by atoms with E-state index >= 15 is 0 Å². The van der Waals surface area contributed by atoms with Gasteiger partial charge in [0.1, 0.15) is 0 Å². The second-order valence-corrected chi connectivity index (χ2v) is 4.32. The van der Waals surface area contributed by atoms with Crippen molar-refractivity contribution in [3.63, 3.8) is 0 Å². The second-order valence-electron chi connectivity index (χ2n) is 4.32. The number of amides is 1. The Hall–Kier alpha value is -1.06. The number of aliphatic carboxylic acids is 1. The highest BCUT2D eigenvalue weighted by atomic mass is 16.4. The predicted octanol–water partition coefficient (Wildman–Crippen LogP) is 0.718. The summed E-state index contributed by atoms with van der Waals surface area (Å²) in [4.78, 5) is 24.0. The van der Waals surface area contributed by atoms with Crippen LogP contribution >= 0.6 is 0 Å². The third-order valence-electron chi connectivity index (χ3n) is 3.39. The van der Waals surface area contributed by atoms with Crippen molar-refractivity contribution in [3.8, 4) is 0 Å². The molecular formula is C10H15NO3. The lowest BCUT2D eigenvalue weighted by atomic mass is 9.91. The molecule has 2 atom stereocenters. The molecule has 0 heterocycles. The SMILES string of the molecule is CN(C(=O)C1CC1C(=O)O)C1CCC1. The highest BCUT2D eigenvalue weighted by Gasteiger charge is 2.50. The van der Waals surface area contributed by atoms with Gasteiger partial charge in [-0.1, -0.05) is 0 Å². The first-order chi connectivity index (χ1) is 6.61. The van der Waals surface area contributed by atoms with Gasteiger partial charge in [-0.3, -0.25) is 9.59 Å². The molecule has 4 nitrogen and oxygen atoms in total. The van der Waals surface area contributed by atoms with Gasteiger partial charge in [-0.2, -0.15) is 0 Å². The number of rotatable bonds is 3. The monoisotopic (exact) mass is 197 g/mol. The third kappa shape index (κ3) is 1.49. The van der Waals surface area contributed by atoms with E-state index in [1.807, 2.05) is 0 Å².